The number of hydrogen-bond acceptors (Lipinski definition) is 5. The smallest absolute Gasteiger partial charge is 0.407 e. The molecule has 1 aliphatic heterocycles. The second-order valence-corrected chi connectivity index (χ2v) is 10.4. The Morgan fingerprint density at radius 2 is 1.94 bits per heavy atom. The summed E-state index contributed by atoms with van der Waals surface area (Å²) in [4.78, 5) is 15.2. The third-order valence-corrected chi connectivity index (χ3v) is 8.23. The molecular formula is C28H36N2O4. The highest BCUT2D eigenvalue weighted by Crippen LogP contribution is 2.54. The summed E-state index contributed by atoms with van der Waals surface area (Å²) in [5.41, 5.74) is 1.44. The molecule has 1 heterocycles. The van der Waals surface area contributed by atoms with Gasteiger partial charge in [-0.05, 0) is 74.2 Å². The van der Waals surface area contributed by atoms with Gasteiger partial charge in [-0.2, -0.15) is 0 Å². The second kappa shape index (κ2) is 9.59. The number of phenolic OH excluding ortho intramolecular Hbond substituents is 1. The van der Waals surface area contributed by atoms with E-state index < -0.39 is 0 Å². The molecule has 5 rings (SSSR count). The Balaban J connectivity index is 1.35. The average Bonchev–Trinajstić information content (AvgIpc) is 3.67. The predicted octanol–water partition coefficient (Wildman–Crippen LogP) is 4.61. The van der Waals surface area contributed by atoms with Gasteiger partial charge in [0.15, 0.2) is 0 Å². The highest BCUT2D eigenvalue weighted by molar-refractivity contribution is 5.67. The quantitative estimate of drug-likeness (QED) is 0.626. The molecule has 3 fully saturated rings. The summed E-state index contributed by atoms with van der Waals surface area (Å²) < 4.78 is 11.9. The fourth-order valence-electron chi connectivity index (χ4n) is 6.27. The number of fused-ring (bicyclic) bond motifs is 1. The number of ether oxygens (including phenoxy) is 2. The van der Waals surface area contributed by atoms with E-state index in [1.165, 1.54) is 12.8 Å². The number of likely N-dealkylation sites (tertiary alicyclic amines) is 1. The summed E-state index contributed by atoms with van der Waals surface area (Å²) in [7, 11) is 1.83. The number of hydrogen-bond donors (Lipinski definition) is 2. The third-order valence-electron chi connectivity index (χ3n) is 8.23. The van der Waals surface area contributed by atoms with Crippen LogP contribution in [0.4, 0.5) is 4.79 Å². The number of methoxy groups -OCH3 is 1. The molecule has 0 spiro atoms. The molecule has 3 atom stereocenters. The lowest BCUT2D eigenvalue weighted by Gasteiger charge is -2.60. The van der Waals surface area contributed by atoms with E-state index in [9.17, 15) is 9.90 Å². The zero-order chi connectivity index (χ0) is 23.6. The summed E-state index contributed by atoms with van der Waals surface area (Å²) in [6, 6.07) is 17.4. The van der Waals surface area contributed by atoms with E-state index in [0.29, 0.717) is 0 Å². The van der Waals surface area contributed by atoms with Gasteiger partial charge in [-0.3, -0.25) is 0 Å². The summed E-state index contributed by atoms with van der Waals surface area (Å²) in [5, 5.41) is 13.4. The van der Waals surface area contributed by atoms with Crippen LogP contribution in [0.15, 0.2) is 54.6 Å². The first-order chi connectivity index (χ1) is 16.5. The molecule has 2 saturated carbocycles. The fourth-order valence-corrected chi connectivity index (χ4v) is 6.27. The Hall–Kier alpha value is -2.57. The van der Waals surface area contributed by atoms with Crippen LogP contribution in [0, 0.1) is 5.92 Å². The molecule has 6 nitrogen and oxygen atoms in total. The van der Waals surface area contributed by atoms with Gasteiger partial charge < -0.3 is 24.8 Å². The minimum Gasteiger partial charge on any atom is -0.508 e. The van der Waals surface area contributed by atoms with Gasteiger partial charge in [-0.25, -0.2) is 4.79 Å². The molecule has 2 aromatic carbocycles. The molecule has 182 valence electrons. The van der Waals surface area contributed by atoms with Gasteiger partial charge in [0.25, 0.3) is 0 Å². The largest absolute Gasteiger partial charge is 0.508 e. The number of amides is 1. The van der Waals surface area contributed by atoms with E-state index in [0.717, 1.165) is 62.4 Å². The van der Waals surface area contributed by atoms with Gasteiger partial charge in [0.1, 0.15) is 12.4 Å². The minimum atomic E-state index is -0.379. The molecule has 3 aliphatic rings. The predicted molar refractivity (Wildman–Crippen MR) is 131 cm³/mol. The van der Waals surface area contributed by atoms with Crippen LogP contribution in [0.25, 0.3) is 0 Å². The monoisotopic (exact) mass is 464 g/mol. The summed E-state index contributed by atoms with van der Waals surface area (Å²) in [5.74, 6) is 1.11. The molecule has 0 radical (unpaired) electrons. The van der Waals surface area contributed by atoms with Crippen LogP contribution < -0.4 is 5.32 Å². The van der Waals surface area contributed by atoms with E-state index in [4.69, 9.17) is 9.47 Å². The molecular weight excluding hydrogens is 428 g/mol. The second-order valence-electron chi connectivity index (χ2n) is 10.4. The van der Waals surface area contributed by atoms with Crippen LogP contribution >= 0.6 is 0 Å². The standard InChI is InChI=1S/C28H36N2O4/c1-33-28-13-12-24(29-26(32)34-19-22-6-3-2-4-7-22)17-27(28,23-8-5-9-25(31)16-23)14-15-30(20-28)18-21-10-11-21/h2-9,16,21,24,31H,10-15,17-20H2,1H3,(H,29,32). The van der Waals surface area contributed by atoms with Crippen LogP contribution in [0.2, 0.25) is 0 Å². The van der Waals surface area contributed by atoms with Crippen molar-refractivity contribution >= 4 is 6.09 Å². The lowest BCUT2D eigenvalue weighted by Crippen LogP contribution is -2.68. The first-order valence-corrected chi connectivity index (χ1v) is 12.6. The van der Waals surface area contributed by atoms with E-state index >= 15 is 0 Å². The normalized spacial score (nSPS) is 29.3. The molecule has 0 aromatic heterocycles. The Labute approximate surface area is 202 Å². The Morgan fingerprint density at radius 3 is 2.68 bits per heavy atom. The molecule has 1 saturated heterocycles. The number of nitrogens with one attached hydrogen (secondary N) is 1. The molecule has 2 N–H and O–H groups in total. The maximum atomic E-state index is 12.7. The van der Waals surface area contributed by atoms with Crippen molar-refractivity contribution in [2.45, 2.75) is 62.2 Å². The number of alkyl carbamates (subject to hydrolysis) is 1. The number of benzene rings is 2. The van der Waals surface area contributed by atoms with Crippen molar-refractivity contribution in [3.05, 3.63) is 65.7 Å². The molecule has 34 heavy (non-hydrogen) atoms. The lowest BCUT2D eigenvalue weighted by atomic mass is 9.55. The number of carbonyl (C=O) groups is 1. The van der Waals surface area contributed by atoms with Crippen molar-refractivity contribution in [2.75, 3.05) is 26.7 Å². The van der Waals surface area contributed by atoms with Crippen molar-refractivity contribution in [3.8, 4) is 5.75 Å². The fraction of sp³-hybridized carbons (Fsp3) is 0.536. The van der Waals surface area contributed by atoms with Gasteiger partial charge >= 0.3 is 6.09 Å². The van der Waals surface area contributed by atoms with Crippen molar-refractivity contribution in [1.82, 2.24) is 10.2 Å². The summed E-state index contributed by atoms with van der Waals surface area (Å²) in [6.07, 6.45) is 5.69. The Morgan fingerprint density at radius 1 is 1.12 bits per heavy atom. The maximum absolute atomic E-state index is 12.7. The number of rotatable bonds is 7. The third kappa shape index (κ3) is 4.66. The van der Waals surface area contributed by atoms with E-state index in [1.54, 1.807) is 6.07 Å². The zero-order valence-electron chi connectivity index (χ0n) is 20.0. The number of piperidine rings is 1. The van der Waals surface area contributed by atoms with Crippen LogP contribution in [-0.4, -0.2) is 54.5 Å². The van der Waals surface area contributed by atoms with E-state index in [-0.39, 0.29) is 35.5 Å². The van der Waals surface area contributed by atoms with Gasteiger partial charge in [-0.1, -0.05) is 42.5 Å². The lowest BCUT2D eigenvalue weighted by molar-refractivity contribution is -0.149. The van der Waals surface area contributed by atoms with Gasteiger partial charge in [0.05, 0.1) is 5.60 Å². The van der Waals surface area contributed by atoms with Gasteiger partial charge in [0, 0.05) is 31.7 Å². The summed E-state index contributed by atoms with van der Waals surface area (Å²) >= 11 is 0. The van der Waals surface area contributed by atoms with Gasteiger partial charge in [-0.15, -0.1) is 0 Å². The zero-order valence-corrected chi connectivity index (χ0v) is 20.0. The molecule has 6 heteroatoms. The molecule has 0 bridgehead atoms. The van der Waals surface area contributed by atoms with E-state index in [2.05, 4.69) is 16.3 Å². The first kappa shape index (κ1) is 23.2. The average molecular weight is 465 g/mol. The van der Waals surface area contributed by atoms with Crippen molar-refractivity contribution < 1.29 is 19.4 Å². The summed E-state index contributed by atoms with van der Waals surface area (Å²) in [6.45, 7) is 3.30. The van der Waals surface area contributed by atoms with Gasteiger partial charge in [0.2, 0.25) is 0 Å². The maximum Gasteiger partial charge on any atom is 0.407 e. The number of carbonyl (C=O) groups excluding carboxylic acids is 1. The Bertz CT molecular complexity index is 995. The highest BCUT2D eigenvalue weighted by Gasteiger charge is 2.59. The van der Waals surface area contributed by atoms with Crippen LogP contribution in [-0.2, 0) is 21.5 Å². The molecule has 3 unspecified atom stereocenters. The SMILES string of the molecule is COC12CCC(NC(=O)OCc3ccccc3)CC1(c1cccc(O)c1)CCN(CC1CC1)C2. The van der Waals surface area contributed by atoms with Crippen LogP contribution in [0.3, 0.4) is 0 Å². The first-order valence-electron chi connectivity index (χ1n) is 12.6. The van der Waals surface area contributed by atoms with Crippen molar-refractivity contribution in [3.63, 3.8) is 0 Å². The topological polar surface area (TPSA) is 71.0 Å². The van der Waals surface area contributed by atoms with Crippen LogP contribution in [0.1, 0.15) is 49.7 Å². The molecule has 2 aliphatic carbocycles. The van der Waals surface area contributed by atoms with E-state index in [1.807, 2.05) is 49.6 Å². The highest BCUT2D eigenvalue weighted by atomic mass is 16.5. The minimum absolute atomic E-state index is 0.0103. The Kier molecular flexibility index (Phi) is 6.54. The van der Waals surface area contributed by atoms with Crippen LogP contribution in [0.5, 0.6) is 5.75 Å². The number of phenols is 1. The number of aromatic hydroxyl groups is 1. The number of nitrogens with zero attached hydrogens (tertiary/aromatic N) is 1. The molecule has 1 amide bonds. The molecule has 2 aromatic rings. The van der Waals surface area contributed by atoms with Crippen molar-refractivity contribution in [1.29, 1.82) is 0 Å². The van der Waals surface area contributed by atoms with Crippen molar-refractivity contribution in [2.24, 2.45) is 5.92 Å².